The summed E-state index contributed by atoms with van der Waals surface area (Å²) in [5.41, 5.74) is -0.801. The molecule has 176 valence electrons. The molecule has 0 spiro atoms. The van der Waals surface area contributed by atoms with Crippen molar-refractivity contribution in [1.82, 2.24) is 4.90 Å². The summed E-state index contributed by atoms with van der Waals surface area (Å²) in [5, 5.41) is -0.0481. The zero-order valence-electron chi connectivity index (χ0n) is 17.8. The highest BCUT2D eigenvalue weighted by atomic mass is 19.4. The predicted molar refractivity (Wildman–Crippen MR) is 114 cm³/mol. The van der Waals surface area contributed by atoms with E-state index < -0.39 is 23.1 Å². The second-order valence-electron chi connectivity index (χ2n) is 7.63. The van der Waals surface area contributed by atoms with Crippen molar-refractivity contribution < 1.29 is 36.2 Å². The van der Waals surface area contributed by atoms with Crippen LogP contribution in [0.4, 0.5) is 13.2 Å². The molecule has 7 nitrogen and oxygen atoms in total. The van der Waals surface area contributed by atoms with E-state index in [0.29, 0.717) is 29.4 Å². The summed E-state index contributed by atoms with van der Waals surface area (Å²) >= 11 is 0. The molecule has 4 aromatic rings. The number of hydrogen-bond donors (Lipinski definition) is 0. The summed E-state index contributed by atoms with van der Waals surface area (Å²) in [6.45, 7) is 0.770. The van der Waals surface area contributed by atoms with E-state index in [-0.39, 0.29) is 30.0 Å². The van der Waals surface area contributed by atoms with Crippen LogP contribution < -0.4 is 19.6 Å². The summed E-state index contributed by atoms with van der Waals surface area (Å²) in [4.78, 5) is 15.0. The minimum Gasteiger partial charge on any atom is -0.497 e. The molecule has 5 rings (SSSR count). The van der Waals surface area contributed by atoms with Gasteiger partial charge in [0.25, 0.3) is 5.76 Å². The first-order valence-electron chi connectivity index (χ1n) is 10.2. The van der Waals surface area contributed by atoms with Gasteiger partial charge >= 0.3 is 6.18 Å². The molecule has 2 aromatic carbocycles. The number of benzene rings is 2. The summed E-state index contributed by atoms with van der Waals surface area (Å²) in [5.74, 6) is -1.09. The van der Waals surface area contributed by atoms with Gasteiger partial charge in [-0.2, -0.15) is 13.2 Å². The highest BCUT2D eigenvalue weighted by Gasteiger charge is 2.41. The van der Waals surface area contributed by atoms with Crippen molar-refractivity contribution >= 4 is 11.0 Å². The molecule has 0 fully saturated rings. The van der Waals surface area contributed by atoms with Crippen LogP contribution in [0.15, 0.2) is 68.4 Å². The number of methoxy groups -OCH3 is 1. The first kappa shape index (κ1) is 21.9. The Kier molecular flexibility index (Phi) is 5.45. The lowest BCUT2D eigenvalue weighted by Crippen LogP contribution is -2.31. The molecule has 0 aliphatic carbocycles. The van der Waals surface area contributed by atoms with Gasteiger partial charge in [0.15, 0.2) is 0 Å². The Balaban J connectivity index is 1.61. The van der Waals surface area contributed by atoms with E-state index in [2.05, 4.69) is 0 Å². The van der Waals surface area contributed by atoms with Gasteiger partial charge in [0.2, 0.25) is 11.2 Å². The van der Waals surface area contributed by atoms with Crippen molar-refractivity contribution in [3.05, 3.63) is 82.1 Å². The van der Waals surface area contributed by atoms with Crippen LogP contribution in [-0.2, 0) is 19.3 Å². The molecular formula is C24H18F3NO6. The van der Waals surface area contributed by atoms with Crippen LogP contribution in [0.3, 0.4) is 0 Å². The zero-order valence-corrected chi connectivity index (χ0v) is 17.8. The minimum atomic E-state index is -4.98. The molecule has 10 heteroatoms. The molecule has 0 amide bonds. The molecule has 34 heavy (non-hydrogen) atoms. The van der Waals surface area contributed by atoms with Gasteiger partial charge in [0.05, 0.1) is 30.9 Å². The average molecular weight is 473 g/mol. The van der Waals surface area contributed by atoms with Crippen molar-refractivity contribution in [2.75, 3.05) is 13.8 Å². The summed E-state index contributed by atoms with van der Waals surface area (Å²) in [7, 11) is 1.41. The lowest BCUT2D eigenvalue weighted by atomic mass is 10.1. The average Bonchev–Trinajstić information content (AvgIpc) is 3.33. The van der Waals surface area contributed by atoms with E-state index in [0.717, 1.165) is 0 Å². The molecular weight excluding hydrogens is 455 g/mol. The fourth-order valence-electron chi connectivity index (χ4n) is 3.78. The Bertz CT molecular complexity index is 1390. The Morgan fingerprint density at radius 2 is 1.91 bits per heavy atom. The molecule has 0 atom stereocenters. The first-order valence-corrected chi connectivity index (χ1v) is 10.2. The van der Waals surface area contributed by atoms with Gasteiger partial charge in [0.1, 0.15) is 35.3 Å². The van der Waals surface area contributed by atoms with E-state index in [1.54, 1.807) is 24.3 Å². The summed E-state index contributed by atoms with van der Waals surface area (Å²) < 4.78 is 68.8. The van der Waals surface area contributed by atoms with Gasteiger partial charge in [-0.25, -0.2) is 0 Å². The molecule has 0 saturated carbocycles. The second-order valence-corrected chi connectivity index (χ2v) is 7.63. The topological polar surface area (TPSA) is 74.3 Å². The number of ether oxygens (including phenoxy) is 3. The molecule has 0 N–H and O–H groups in total. The molecule has 0 bridgehead atoms. The van der Waals surface area contributed by atoms with Crippen molar-refractivity contribution in [3.8, 4) is 23.0 Å². The van der Waals surface area contributed by atoms with Crippen molar-refractivity contribution in [2.24, 2.45) is 0 Å². The van der Waals surface area contributed by atoms with Gasteiger partial charge < -0.3 is 23.0 Å². The van der Waals surface area contributed by atoms with E-state index in [9.17, 15) is 18.0 Å². The largest absolute Gasteiger partial charge is 0.497 e. The van der Waals surface area contributed by atoms with Crippen LogP contribution in [0.2, 0.25) is 0 Å². The number of hydrogen-bond acceptors (Lipinski definition) is 7. The van der Waals surface area contributed by atoms with Crippen molar-refractivity contribution in [3.63, 3.8) is 0 Å². The Labute approximate surface area is 190 Å². The number of alkyl halides is 3. The molecule has 1 aliphatic rings. The SMILES string of the molecule is COc1cccc(Oc2c(C(F)(F)F)oc3c4c(ccc3c2=O)OCN(Cc2ccco2)C4)c1. The Morgan fingerprint density at radius 3 is 2.65 bits per heavy atom. The normalized spacial score (nSPS) is 14.0. The number of rotatable bonds is 5. The number of furan rings is 1. The maximum Gasteiger partial charge on any atom is 0.453 e. The quantitative estimate of drug-likeness (QED) is 0.376. The van der Waals surface area contributed by atoms with Gasteiger partial charge in [0, 0.05) is 12.6 Å². The third-order valence-electron chi connectivity index (χ3n) is 5.34. The maximum atomic E-state index is 14.0. The van der Waals surface area contributed by atoms with Crippen LogP contribution in [0.5, 0.6) is 23.0 Å². The van der Waals surface area contributed by atoms with Crippen LogP contribution >= 0.6 is 0 Å². The van der Waals surface area contributed by atoms with Crippen LogP contribution in [0.25, 0.3) is 11.0 Å². The predicted octanol–water partition coefficient (Wildman–Crippen LogP) is 5.56. The van der Waals surface area contributed by atoms with Crippen LogP contribution in [0, 0.1) is 0 Å². The molecule has 2 aromatic heterocycles. The fraction of sp³-hybridized carbons (Fsp3) is 0.208. The van der Waals surface area contributed by atoms with E-state index in [1.807, 2.05) is 4.90 Å². The Hall–Kier alpha value is -3.92. The molecule has 0 unspecified atom stereocenters. The first-order chi connectivity index (χ1) is 16.3. The highest BCUT2D eigenvalue weighted by Crippen LogP contribution is 2.41. The van der Waals surface area contributed by atoms with E-state index in [4.69, 9.17) is 23.0 Å². The van der Waals surface area contributed by atoms with Crippen molar-refractivity contribution in [1.29, 1.82) is 0 Å². The lowest BCUT2D eigenvalue weighted by molar-refractivity contribution is -0.154. The third kappa shape index (κ3) is 4.08. The van der Waals surface area contributed by atoms with Crippen molar-refractivity contribution in [2.45, 2.75) is 19.3 Å². The molecule has 1 aliphatic heterocycles. The molecule has 0 radical (unpaired) electrons. The monoisotopic (exact) mass is 473 g/mol. The molecule has 0 saturated heterocycles. The van der Waals surface area contributed by atoms with Crippen LogP contribution in [0.1, 0.15) is 17.1 Å². The standard InChI is InChI=1S/C24H18F3NO6/c1-30-14-4-2-5-15(10-14)33-22-20(29)17-7-8-19-18(21(17)34-23(22)24(25,26)27)12-28(13-32-19)11-16-6-3-9-31-16/h2-10H,11-13H2,1H3. The lowest BCUT2D eigenvalue weighted by Gasteiger charge is -2.28. The number of nitrogens with zero attached hydrogens (tertiary/aromatic N) is 1. The molecule has 3 heterocycles. The number of halogens is 3. The van der Waals surface area contributed by atoms with Gasteiger partial charge in [-0.05, 0) is 36.4 Å². The van der Waals surface area contributed by atoms with Gasteiger partial charge in [-0.1, -0.05) is 6.07 Å². The van der Waals surface area contributed by atoms with Gasteiger partial charge in [-0.3, -0.25) is 9.69 Å². The zero-order chi connectivity index (χ0) is 23.9. The third-order valence-corrected chi connectivity index (χ3v) is 5.34. The van der Waals surface area contributed by atoms with Crippen LogP contribution in [-0.4, -0.2) is 18.7 Å². The van der Waals surface area contributed by atoms with E-state index >= 15 is 0 Å². The highest BCUT2D eigenvalue weighted by molar-refractivity contribution is 5.84. The summed E-state index contributed by atoms with van der Waals surface area (Å²) in [6.07, 6.45) is -3.45. The van der Waals surface area contributed by atoms with Gasteiger partial charge in [-0.15, -0.1) is 0 Å². The fourth-order valence-corrected chi connectivity index (χ4v) is 3.78. The Morgan fingerprint density at radius 1 is 1.09 bits per heavy atom. The maximum absolute atomic E-state index is 14.0. The summed E-state index contributed by atoms with van der Waals surface area (Å²) in [6, 6.07) is 12.4. The second kappa shape index (κ2) is 8.45. The smallest absolute Gasteiger partial charge is 0.453 e. The minimum absolute atomic E-state index is 0.00224. The number of fused-ring (bicyclic) bond motifs is 3. The van der Waals surface area contributed by atoms with E-state index in [1.165, 1.54) is 37.6 Å².